The zero-order valence-electron chi connectivity index (χ0n) is 70.2. The molecule has 8 aromatic heterocycles. The minimum atomic E-state index is -3.83. The lowest BCUT2D eigenvalue weighted by Gasteiger charge is -2.29. The number of aromatic nitrogens is 10. The van der Waals surface area contributed by atoms with Crippen molar-refractivity contribution in [2.45, 2.75) is 46.5 Å². The molecule has 0 radical (unpaired) electrons. The smallest absolute Gasteiger partial charge is 0.282 e. The maximum absolute atomic E-state index is 13.0. The Balaban J connectivity index is 0.000000121. The number of sulfone groups is 1. The van der Waals surface area contributed by atoms with Gasteiger partial charge in [-0.1, -0.05) is 36.4 Å². The second-order valence-corrected chi connectivity index (χ2v) is 40.3. The van der Waals surface area contributed by atoms with Crippen LogP contribution in [0.4, 0.5) is 35.2 Å². The summed E-state index contributed by atoms with van der Waals surface area (Å²) in [5.74, 6) is 2.50. The molecule has 0 unspecified atom stereocenters. The number of ether oxygens (including phenoxy) is 1. The standard InChI is InChI=1S/C24H25N5O2S.C23H23N5O3S2.C21H21N7O3S2.C20H19N7O3S2/c1-31-18-5-2-16(3-6-18)8-9-26-24-27-15-17-4-7-20-19(22(17)28-24)14-21(32-20)23(30)29-12-10-25-11-13-29;1-33(30,31)17-5-2-15(3-6-17)13-25-23-26-14-16-4-7-19-18(21(16)27-23)12-20(32-19)22(29)28-10-8-24-9-11-28;22-13-6-8-28(9-7-13)20(29)19-26-16-5-4-12-11-24-21(27-17(12)18(16)32-19)25-14-2-1-3-15(10-14)33(23,30)31;21-32(29,30)14-3-1-2-13(10-14)24-20-23-11-12-4-5-15-17(16(12)26-20)31-18(25-15)19(28)27-8-6-22-7-9-27/h2-7,14-15,25H,8-13H2,1H3,(H,26,27,28);2-7,12,14,24H,8-11,13H2,1H3,(H,25,26,27);1-5,10-11,13H,6-9,22H2,(H2,23,30,31)(H,24,25,27);1-5,10-11,22H,6-9H2,(H2,21,29,30)(H,23,24,26). The second-order valence-electron chi connectivity index (χ2n) is 31.0. The van der Waals surface area contributed by atoms with E-state index in [0.717, 1.165) is 174 Å². The summed E-state index contributed by atoms with van der Waals surface area (Å²) in [4.78, 5) is 106. The number of piperidine rings is 1. The molecule has 42 heteroatoms. The van der Waals surface area contributed by atoms with Crippen molar-refractivity contribution in [3.05, 3.63) is 213 Å². The van der Waals surface area contributed by atoms with Gasteiger partial charge in [0.2, 0.25) is 43.8 Å². The van der Waals surface area contributed by atoms with Crippen LogP contribution in [0.1, 0.15) is 62.9 Å². The first-order valence-electron chi connectivity index (χ1n) is 41.5. The highest BCUT2D eigenvalue weighted by Gasteiger charge is 2.29. The highest BCUT2D eigenvalue weighted by atomic mass is 32.2. The average molecular weight is 1880 g/mol. The number of primary sulfonamides is 2. The molecule has 20 rings (SSSR count). The number of likely N-dealkylation sites (tertiary alicyclic amines) is 1. The molecule has 4 saturated heterocycles. The minimum absolute atomic E-state index is 0.01000. The molecule has 0 spiro atoms. The third kappa shape index (κ3) is 20.9. The molecule has 0 aliphatic carbocycles. The normalized spacial score (nSPS) is 14.7. The maximum atomic E-state index is 13.0. The highest BCUT2D eigenvalue weighted by Crippen LogP contribution is 2.37. The van der Waals surface area contributed by atoms with E-state index in [-0.39, 0.29) is 45.4 Å². The van der Waals surface area contributed by atoms with Gasteiger partial charge in [-0.05, 0) is 152 Å². The number of nitrogens with zero attached hydrogens (tertiary/aromatic N) is 14. The monoisotopic (exact) mass is 1880 g/mol. The number of piperazine rings is 3. The minimum Gasteiger partial charge on any atom is -0.497 e. The molecular formula is C88H88N24O11S7. The summed E-state index contributed by atoms with van der Waals surface area (Å²) in [5, 5.41) is 39.1. The third-order valence-electron chi connectivity index (χ3n) is 22.0. The Morgan fingerprint density at radius 2 is 0.838 bits per heavy atom. The number of anilines is 6. The second kappa shape index (κ2) is 38.9. The molecule has 0 atom stereocenters. The average Bonchev–Trinajstić information content (AvgIpc) is 1.50. The van der Waals surface area contributed by atoms with Gasteiger partial charge in [0, 0.05) is 195 Å². The van der Waals surface area contributed by atoms with E-state index in [0.29, 0.717) is 98.9 Å². The number of nitrogens with two attached hydrogens (primary N) is 3. The van der Waals surface area contributed by atoms with Crippen molar-refractivity contribution in [3.8, 4) is 5.75 Å². The van der Waals surface area contributed by atoms with Crippen LogP contribution in [0.3, 0.4) is 0 Å². The van der Waals surface area contributed by atoms with Gasteiger partial charge in [0.25, 0.3) is 23.6 Å². The van der Waals surface area contributed by atoms with Gasteiger partial charge >= 0.3 is 0 Å². The summed E-state index contributed by atoms with van der Waals surface area (Å²) < 4.78 is 78.6. The molecule has 12 heterocycles. The van der Waals surface area contributed by atoms with Gasteiger partial charge < -0.3 is 67.3 Å². The van der Waals surface area contributed by atoms with Crippen LogP contribution in [-0.2, 0) is 42.8 Å². The van der Waals surface area contributed by atoms with Crippen LogP contribution in [0, 0.1) is 0 Å². The highest BCUT2D eigenvalue weighted by molar-refractivity contribution is 7.90. The van der Waals surface area contributed by atoms with E-state index < -0.39 is 29.9 Å². The number of methoxy groups -OCH3 is 1. The van der Waals surface area contributed by atoms with Crippen LogP contribution in [0.2, 0.25) is 0 Å². The Morgan fingerprint density at radius 1 is 0.438 bits per heavy atom. The molecule has 668 valence electrons. The van der Waals surface area contributed by atoms with Gasteiger partial charge in [-0.15, -0.1) is 45.3 Å². The first kappa shape index (κ1) is 89.3. The van der Waals surface area contributed by atoms with Gasteiger partial charge in [-0.3, -0.25) is 19.2 Å². The summed E-state index contributed by atoms with van der Waals surface area (Å²) in [6, 6.07) is 46.6. The molecule has 4 fully saturated rings. The number of rotatable bonds is 19. The van der Waals surface area contributed by atoms with Gasteiger partial charge in [0.05, 0.1) is 74.1 Å². The van der Waals surface area contributed by atoms with Crippen LogP contribution < -0.4 is 58.0 Å². The third-order valence-corrected chi connectivity index (χ3v) is 29.3. The van der Waals surface area contributed by atoms with Crippen molar-refractivity contribution in [1.82, 2.24) is 85.4 Å². The predicted molar refractivity (Wildman–Crippen MR) is 509 cm³/mol. The van der Waals surface area contributed by atoms with Crippen LogP contribution in [0.25, 0.3) is 84.2 Å². The molecule has 0 bridgehead atoms. The number of amides is 4. The van der Waals surface area contributed by atoms with Crippen LogP contribution in [0.5, 0.6) is 5.75 Å². The molecule has 13 N–H and O–H groups in total. The van der Waals surface area contributed by atoms with Crippen LogP contribution in [0.15, 0.2) is 197 Å². The SMILES string of the molecule is COc1ccc(CCNc2ncc3ccc4sc(C(=O)N5CCNCC5)cc4c3n2)cc1.CS(=O)(=O)c1ccc(CNc2ncc3ccc4sc(C(=O)N5CCNCC5)cc4c3n2)cc1.NC1CCN(C(=O)c2nc3ccc4cnc(Nc5cccc(S(N)(=O)=O)c5)nc4c3s2)CC1.NS(=O)(=O)c1cccc(Nc2ncc3ccc4nc(C(=O)N5CCNCC5)sc4c3n2)c1. The van der Waals surface area contributed by atoms with Gasteiger partial charge in [0.1, 0.15) is 5.75 Å². The number of carbonyl (C=O) groups is 4. The Bertz CT molecular complexity index is 7350. The molecule has 130 heavy (non-hydrogen) atoms. The van der Waals surface area contributed by atoms with Crippen molar-refractivity contribution >= 4 is 218 Å². The Morgan fingerprint density at radius 3 is 1.28 bits per heavy atom. The van der Waals surface area contributed by atoms with Crippen LogP contribution in [-0.4, -0.2) is 236 Å². The number of thiazole rings is 2. The van der Waals surface area contributed by atoms with Crippen molar-refractivity contribution in [1.29, 1.82) is 0 Å². The number of hydrogen-bond donors (Lipinski definition) is 10. The summed E-state index contributed by atoms with van der Waals surface area (Å²) in [6.45, 7) is 11.6. The first-order chi connectivity index (χ1) is 62.7. The van der Waals surface area contributed by atoms with Crippen LogP contribution >= 0.6 is 45.3 Å². The first-order valence-corrected chi connectivity index (χ1v) is 49.8. The van der Waals surface area contributed by atoms with E-state index in [4.69, 9.17) is 30.7 Å². The largest absolute Gasteiger partial charge is 0.497 e. The van der Waals surface area contributed by atoms with E-state index in [1.54, 1.807) is 84.0 Å². The predicted octanol–water partition coefficient (Wildman–Crippen LogP) is 10.3. The fourth-order valence-corrected chi connectivity index (χ4v) is 20.9. The fraction of sp³-hybridized carbons (Fsp3) is 0.250. The Hall–Kier alpha value is -12.7. The lowest BCUT2D eigenvalue weighted by atomic mass is 10.1. The summed E-state index contributed by atoms with van der Waals surface area (Å²) in [7, 11) is -9.20. The number of thiophene rings is 2. The maximum Gasteiger partial charge on any atom is 0.282 e. The lowest BCUT2D eigenvalue weighted by molar-refractivity contribution is 0.0710. The number of hydrogen-bond acceptors (Lipinski definition) is 33. The fourth-order valence-electron chi connectivity index (χ4n) is 15.1. The van der Waals surface area contributed by atoms with Crippen molar-refractivity contribution in [3.63, 3.8) is 0 Å². The van der Waals surface area contributed by atoms with Crippen molar-refractivity contribution in [2.24, 2.45) is 16.0 Å². The summed E-state index contributed by atoms with van der Waals surface area (Å²) in [6.07, 6.45) is 10.6. The van der Waals surface area contributed by atoms with E-state index >= 15 is 0 Å². The molecule has 16 aromatic rings. The Kier molecular flexibility index (Phi) is 26.7. The number of nitrogens with one attached hydrogen (secondary N) is 7. The molecule has 8 aromatic carbocycles. The molecule has 4 amide bonds. The lowest BCUT2D eigenvalue weighted by Crippen LogP contribution is -2.46. The summed E-state index contributed by atoms with van der Waals surface area (Å²) in [5.41, 5.74) is 13.4. The molecule has 0 saturated carbocycles. The number of fused-ring (bicyclic) bond motifs is 12. The number of sulfonamides is 2. The van der Waals surface area contributed by atoms with Gasteiger partial charge in [-0.25, -0.2) is 85.4 Å². The summed E-state index contributed by atoms with van der Waals surface area (Å²) >= 11 is 5.64. The zero-order chi connectivity index (χ0) is 90.4. The van der Waals surface area contributed by atoms with Crippen molar-refractivity contribution < 1.29 is 49.2 Å². The Labute approximate surface area is 761 Å². The molecule has 4 aliphatic heterocycles. The number of benzene rings is 8. The van der Waals surface area contributed by atoms with E-state index in [2.05, 4.69) is 95.3 Å². The van der Waals surface area contributed by atoms with Gasteiger partial charge in [0.15, 0.2) is 19.9 Å². The molecule has 4 aliphatic rings. The zero-order valence-corrected chi connectivity index (χ0v) is 75.9. The quantitative estimate of drug-likeness (QED) is 0.0359. The van der Waals surface area contributed by atoms with Gasteiger partial charge in [-0.2, -0.15) is 0 Å². The molecular weight excluding hydrogens is 1790 g/mol. The van der Waals surface area contributed by atoms with E-state index in [1.807, 2.05) is 82.7 Å². The number of carbonyl (C=O) groups excluding carboxylic acids is 4. The molecule has 35 nitrogen and oxygen atoms in total. The van der Waals surface area contributed by atoms with E-state index in [9.17, 15) is 44.4 Å². The van der Waals surface area contributed by atoms with Crippen molar-refractivity contribution in [2.75, 3.05) is 133 Å². The topological polar surface area (TPSA) is 484 Å². The van der Waals surface area contributed by atoms with E-state index in [1.165, 1.54) is 81.4 Å².